The predicted octanol–water partition coefficient (Wildman–Crippen LogP) is 3.84. The number of rotatable bonds is 6. The van der Waals surface area contributed by atoms with Gasteiger partial charge in [-0.05, 0) is 44.4 Å². The second kappa shape index (κ2) is 8.57. The molecule has 3 rings (SSSR count). The monoisotopic (exact) mass is 413 g/mol. The normalized spacial score (nSPS) is 12.0. The molecule has 0 aliphatic carbocycles. The van der Waals surface area contributed by atoms with Gasteiger partial charge in [0.25, 0.3) is 11.5 Å². The van der Waals surface area contributed by atoms with Gasteiger partial charge >= 0.3 is 5.97 Å². The van der Waals surface area contributed by atoms with E-state index in [0.717, 1.165) is 5.56 Å². The topological polar surface area (TPSA) is 90.3 Å². The molecule has 0 aliphatic rings. The van der Waals surface area contributed by atoms with Crippen molar-refractivity contribution in [3.63, 3.8) is 0 Å². The number of para-hydroxylation sites is 1. The number of anilines is 1. The lowest BCUT2D eigenvalue weighted by atomic mass is 10.1. The average Bonchev–Trinajstić information content (AvgIpc) is 3.03. The minimum atomic E-state index is -0.747. The number of aromatic nitrogens is 2. The minimum absolute atomic E-state index is 0.237. The first-order valence-corrected chi connectivity index (χ1v) is 10.2. The molecule has 0 saturated carbocycles. The van der Waals surface area contributed by atoms with Gasteiger partial charge in [-0.2, -0.15) is 0 Å². The summed E-state index contributed by atoms with van der Waals surface area (Å²) in [5, 5.41) is 3.25. The number of nitrogens with zero attached hydrogens (tertiary/aromatic N) is 2. The van der Waals surface area contributed by atoms with Crippen LogP contribution in [0.1, 0.15) is 47.1 Å². The molecular weight excluding hydrogens is 390 g/mol. The summed E-state index contributed by atoms with van der Waals surface area (Å²) in [7, 11) is 0. The number of fused-ring (bicyclic) bond motifs is 1. The van der Waals surface area contributed by atoms with E-state index >= 15 is 0 Å². The first-order valence-electron chi connectivity index (χ1n) is 9.42. The number of ether oxygens (including phenoxy) is 1. The molecule has 1 aromatic carbocycles. The van der Waals surface area contributed by atoms with E-state index in [4.69, 9.17) is 4.74 Å². The van der Waals surface area contributed by atoms with Crippen LogP contribution in [0, 0.1) is 13.8 Å². The van der Waals surface area contributed by atoms with E-state index in [-0.39, 0.29) is 18.1 Å². The van der Waals surface area contributed by atoms with Crippen molar-refractivity contribution < 1.29 is 14.3 Å². The molecule has 1 unspecified atom stereocenters. The third-order valence-corrected chi connectivity index (χ3v) is 5.96. The number of carbonyl (C=O) groups is 2. The first kappa shape index (κ1) is 20.7. The van der Waals surface area contributed by atoms with Crippen molar-refractivity contribution in [2.75, 3.05) is 11.9 Å². The van der Waals surface area contributed by atoms with Gasteiger partial charge in [0, 0.05) is 5.69 Å². The second-order valence-corrected chi connectivity index (χ2v) is 7.64. The Labute approximate surface area is 172 Å². The van der Waals surface area contributed by atoms with Crippen molar-refractivity contribution in [3.05, 3.63) is 57.0 Å². The molecule has 3 aromatic rings. The summed E-state index contributed by atoms with van der Waals surface area (Å²) in [4.78, 5) is 43.4. The Hall–Kier alpha value is -3.00. The molecule has 1 N–H and O–H groups in total. The third-order valence-electron chi connectivity index (χ3n) is 4.76. The van der Waals surface area contributed by atoms with Crippen LogP contribution in [-0.4, -0.2) is 28.0 Å². The fourth-order valence-corrected chi connectivity index (χ4v) is 4.22. The Morgan fingerprint density at radius 3 is 2.62 bits per heavy atom. The largest absolute Gasteiger partial charge is 0.464 e. The van der Waals surface area contributed by atoms with Gasteiger partial charge in [0.05, 0.1) is 23.2 Å². The number of esters is 1. The lowest BCUT2D eigenvalue weighted by Crippen LogP contribution is -2.31. The summed E-state index contributed by atoms with van der Waals surface area (Å²) in [6.07, 6.45) is 1.75. The van der Waals surface area contributed by atoms with Crippen LogP contribution in [0.25, 0.3) is 10.2 Å². The molecule has 29 heavy (non-hydrogen) atoms. The number of amides is 1. The highest BCUT2D eigenvalue weighted by Gasteiger charge is 2.25. The molecule has 2 aromatic heterocycles. The van der Waals surface area contributed by atoms with Gasteiger partial charge < -0.3 is 10.1 Å². The Morgan fingerprint density at radius 2 is 1.97 bits per heavy atom. The van der Waals surface area contributed by atoms with Gasteiger partial charge in [0.2, 0.25) is 0 Å². The molecule has 0 spiro atoms. The Kier molecular flexibility index (Phi) is 6.12. The molecular formula is C21H23N3O4S. The van der Waals surface area contributed by atoms with Crippen LogP contribution in [0.2, 0.25) is 0 Å². The molecule has 2 heterocycles. The Bertz CT molecular complexity index is 1130. The number of aryl methyl sites for hydroxylation is 2. The highest BCUT2D eigenvalue weighted by Crippen LogP contribution is 2.28. The maximum Gasteiger partial charge on any atom is 0.329 e. The summed E-state index contributed by atoms with van der Waals surface area (Å²) in [5.41, 5.74) is 1.87. The summed E-state index contributed by atoms with van der Waals surface area (Å²) >= 11 is 1.17. The lowest BCUT2D eigenvalue weighted by Gasteiger charge is -2.16. The van der Waals surface area contributed by atoms with Gasteiger partial charge in [-0.15, -0.1) is 11.3 Å². The van der Waals surface area contributed by atoms with Crippen LogP contribution in [0.15, 0.2) is 35.4 Å². The lowest BCUT2D eigenvalue weighted by molar-refractivity contribution is -0.147. The number of benzene rings is 1. The van der Waals surface area contributed by atoms with E-state index in [2.05, 4.69) is 10.3 Å². The van der Waals surface area contributed by atoms with Gasteiger partial charge in [0.15, 0.2) is 0 Å². The van der Waals surface area contributed by atoms with Crippen LogP contribution in [0.4, 0.5) is 5.69 Å². The minimum Gasteiger partial charge on any atom is -0.464 e. The van der Waals surface area contributed by atoms with Crippen LogP contribution < -0.4 is 10.9 Å². The zero-order chi connectivity index (χ0) is 21.1. The van der Waals surface area contributed by atoms with Crippen LogP contribution >= 0.6 is 11.3 Å². The van der Waals surface area contributed by atoms with E-state index in [0.29, 0.717) is 32.8 Å². The summed E-state index contributed by atoms with van der Waals surface area (Å²) < 4.78 is 6.37. The number of hydrogen-bond acceptors (Lipinski definition) is 6. The molecule has 1 amide bonds. The fourth-order valence-electron chi connectivity index (χ4n) is 3.18. The van der Waals surface area contributed by atoms with Crippen molar-refractivity contribution in [1.82, 2.24) is 9.55 Å². The zero-order valence-electron chi connectivity index (χ0n) is 16.8. The smallest absolute Gasteiger partial charge is 0.329 e. The predicted molar refractivity (Wildman–Crippen MR) is 114 cm³/mol. The third kappa shape index (κ3) is 3.93. The molecule has 0 radical (unpaired) electrons. The van der Waals surface area contributed by atoms with Crippen LogP contribution in [0.5, 0.6) is 0 Å². The zero-order valence-corrected chi connectivity index (χ0v) is 17.6. The number of hydrogen-bond donors (Lipinski definition) is 1. The summed E-state index contributed by atoms with van der Waals surface area (Å²) in [6.45, 7) is 7.40. The number of nitrogens with one attached hydrogen (secondary N) is 1. The van der Waals surface area contributed by atoms with E-state index in [1.54, 1.807) is 20.8 Å². The summed E-state index contributed by atoms with van der Waals surface area (Å²) in [6, 6.07) is 6.74. The standard InChI is InChI=1S/C21H23N3O4S/c1-5-15(21(27)28-6-2)24-11-22-19-16(20(24)26)13(4)17(29-19)18(25)23-14-10-8-7-9-12(14)3/h7-11,15H,5-6H2,1-4H3,(H,23,25). The molecule has 0 saturated heterocycles. The highest BCUT2D eigenvalue weighted by molar-refractivity contribution is 7.20. The highest BCUT2D eigenvalue weighted by atomic mass is 32.1. The summed E-state index contributed by atoms with van der Waals surface area (Å²) in [5.74, 6) is -0.758. The average molecular weight is 413 g/mol. The van der Waals surface area contributed by atoms with E-state index in [1.807, 2.05) is 31.2 Å². The Balaban J connectivity index is 2.03. The van der Waals surface area contributed by atoms with Gasteiger partial charge in [-0.25, -0.2) is 9.78 Å². The van der Waals surface area contributed by atoms with E-state index in [9.17, 15) is 14.4 Å². The van der Waals surface area contributed by atoms with E-state index in [1.165, 1.54) is 22.2 Å². The SMILES string of the molecule is CCOC(=O)C(CC)n1cnc2sc(C(=O)Nc3ccccc3C)c(C)c2c1=O. The molecule has 152 valence electrons. The molecule has 1 atom stereocenters. The fraction of sp³-hybridized carbons (Fsp3) is 0.333. The molecule has 0 bridgehead atoms. The number of thiophene rings is 1. The van der Waals surface area contributed by atoms with Crippen molar-refractivity contribution in [2.24, 2.45) is 0 Å². The van der Waals surface area contributed by atoms with Crippen molar-refractivity contribution in [2.45, 2.75) is 40.2 Å². The maximum atomic E-state index is 13.1. The second-order valence-electron chi connectivity index (χ2n) is 6.64. The molecule has 0 aliphatic heterocycles. The van der Waals surface area contributed by atoms with Crippen molar-refractivity contribution in [1.29, 1.82) is 0 Å². The maximum absolute atomic E-state index is 13.1. The Morgan fingerprint density at radius 1 is 1.24 bits per heavy atom. The van der Waals surface area contributed by atoms with Crippen molar-refractivity contribution >= 4 is 39.1 Å². The van der Waals surface area contributed by atoms with Crippen LogP contribution in [-0.2, 0) is 9.53 Å². The molecule has 0 fully saturated rings. The van der Waals surface area contributed by atoms with Crippen molar-refractivity contribution in [3.8, 4) is 0 Å². The molecule has 8 heteroatoms. The molecule has 7 nitrogen and oxygen atoms in total. The van der Waals surface area contributed by atoms with Gasteiger partial charge in [-0.1, -0.05) is 25.1 Å². The van der Waals surface area contributed by atoms with Gasteiger partial charge in [0.1, 0.15) is 10.9 Å². The quantitative estimate of drug-likeness (QED) is 0.620. The van der Waals surface area contributed by atoms with E-state index < -0.39 is 12.0 Å². The number of carbonyl (C=O) groups excluding carboxylic acids is 2. The first-order chi connectivity index (χ1) is 13.9. The van der Waals surface area contributed by atoms with Gasteiger partial charge in [-0.3, -0.25) is 14.2 Å². The van der Waals surface area contributed by atoms with Crippen LogP contribution in [0.3, 0.4) is 0 Å².